The highest BCUT2D eigenvalue weighted by Crippen LogP contribution is 2.22. The minimum atomic E-state index is -0.0912. The van der Waals surface area contributed by atoms with Crippen LogP contribution in [0.1, 0.15) is 206 Å². The molecule has 326 valence electrons. The van der Waals surface area contributed by atoms with E-state index in [0.29, 0.717) is 45.2 Å². The fourth-order valence-corrected chi connectivity index (χ4v) is 7.90. The summed E-state index contributed by atoms with van der Waals surface area (Å²) in [5.41, 5.74) is 1.21. The summed E-state index contributed by atoms with van der Waals surface area (Å²) in [4.78, 5) is 34.1. The summed E-state index contributed by atoms with van der Waals surface area (Å²) in [6.07, 6.45) is 48.6. The number of rotatable bonds is 38. The second-order valence-corrected chi connectivity index (χ2v) is 16.6. The molecule has 0 radical (unpaired) electrons. The van der Waals surface area contributed by atoms with E-state index in [1.807, 2.05) is 12.4 Å². The minimum Gasteiger partial charge on any atom is -0.464 e. The maximum Gasteiger partial charge on any atom is 0.305 e. The number of carbonyl (C=O) groups is 2. The number of unbranched alkanes of at least 4 members (excludes halogenated alkanes) is 22. The summed E-state index contributed by atoms with van der Waals surface area (Å²) < 4.78 is 11.4. The number of nitrogens with zero attached hydrogens (tertiary/aromatic N) is 3. The van der Waals surface area contributed by atoms with Crippen molar-refractivity contribution in [2.45, 2.75) is 213 Å². The van der Waals surface area contributed by atoms with Gasteiger partial charge in [0.1, 0.15) is 13.2 Å². The standard InChI is InChI=1S/C50H87N3O4/c1-3-5-7-9-11-13-15-17-19-21-23-25-27-29-31-33-49(54)56-45-43-53(48-37-41-52(42-38-48)47-35-39-51-40-36-47)44-46-57-50(55)34-32-30-28-26-24-22-20-18-16-14-12-10-8-6-4-2/h17-20,35-36,39-40,48H,3-16,21-34,37-38,41-46H2,1-2H3/b19-17-,20-18-. The molecular formula is C50H87N3O4. The SMILES string of the molecule is CCCCCCCC/C=C\CCCCCCCC(=O)OCCN(CCOC(=O)CCCCCCC/C=C\CCCCCCCC)C1CCN(c2ccncc2)CC1. The normalized spacial score (nSPS) is 13.7. The van der Waals surface area contributed by atoms with Crippen molar-refractivity contribution in [3.05, 3.63) is 48.8 Å². The number of anilines is 1. The molecule has 0 aromatic carbocycles. The first kappa shape index (κ1) is 50.5. The Bertz CT molecular complexity index is 1060. The minimum absolute atomic E-state index is 0.0912. The Morgan fingerprint density at radius 2 is 0.947 bits per heavy atom. The van der Waals surface area contributed by atoms with Crippen molar-refractivity contribution in [2.24, 2.45) is 0 Å². The molecule has 1 aliphatic rings. The van der Waals surface area contributed by atoms with Gasteiger partial charge in [0.25, 0.3) is 0 Å². The van der Waals surface area contributed by atoms with Crippen LogP contribution in [0.4, 0.5) is 5.69 Å². The van der Waals surface area contributed by atoms with Crippen LogP contribution >= 0.6 is 0 Å². The maximum atomic E-state index is 12.6. The van der Waals surface area contributed by atoms with Gasteiger partial charge in [0.2, 0.25) is 0 Å². The molecule has 7 nitrogen and oxygen atoms in total. The molecule has 2 heterocycles. The highest BCUT2D eigenvalue weighted by molar-refractivity contribution is 5.69. The molecule has 0 N–H and O–H groups in total. The Balaban J connectivity index is 1.57. The van der Waals surface area contributed by atoms with Gasteiger partial charge >= 0.3 is 11.9 Å². The summed E-state index contributed by atoms with van der Waals surface area (Å²) in [6.45, 7) is 8.59. The number of piperidine rings is 1. The number of ether oxygens (including phenoxy) is 2. The molecule has 1 aromatic rings. The molecule has 0 atom stereocenters. The Morgan fingerprint density at radius 3 is 1.35 bits per heavy atom. The van der Waals surface area contributed by atoms with Crippen LogP contribution in [-0.2, 0) is 19.1 Å². The van der Waals surface area contributed by atoms with Crippen molar-refractivity contribution < 1.29 is 19.1 Å². The molecule has 0 aliphatic carbocycles. The van der Waals surface area contributed by atoms with E-state index in [1.165, 1.54) is 147 Å². The summed E-state index contributed by atoms with van der Waals surface area (Å²) >= 11 is 0. The fraction of sp³-hybridized carbons (Fsp3) is 0.780. The number of hydrogen-bond donors (Lipinski definition) is 0. The van der Waals surface area contributed by atoms with Crippen molar-refractivity contribution >= 4 is 17.6 Å². The van der Waals surface area contributed by atoms with Crippen LogP contribution in [0.2, 0.25) is 0 Å². The van der Waals surface area contributed by atoms with Crippen LogP contribution in [0.25, 0.3) is 0 Å². The predicted octanol–water partition coefficient (Wildman–Crippen LogP) is 13.5. The lowest BCUT2D eigenvalue weighted by atomic mass is 10.0. The highest BCUT2D eigenvalue weighted by Gasteiger charge is 2.25. The lowest BCUT2D eigenvalue weighted by Crippen LogP contribution is -2.47. The van der Waals surface area contributed by atoms with Crippen LogP contribution in [-0.4, -0.2) is 67.3 Å². The number of allylic oxidation sites excluding steroid dienone is 4. The van der Waals surface area contributed by atoms with E-state index in [2.05, 4.69) is 65.1 Å². The first-order valence-corrected chi connectivity index (χ1v) is 24.1. The quantitative estimate of drug-likeness (QED) is 0.0375. The molecule has 1 saturated heterocycles. The van der Waals surface area contributed by atoms with E-state index < -0.39 is 0 Å². The van der Waals surface area contributed by atoms with E-state index in [4.69, 9.17) is 9.47 Å². The van der Waals surface area contributed by atoms with E-state index in [0.717, 1.165) is 51.6 Å². The summed E-state index contributed by atoms with van der Waals surface area (Å²) in [7, 11) is 0. The Labute approximate surface area is 351 Å². The topological polar surface area (TPSA) is 72.0 Å². The zero-order chi connectivity index (χ0) is 40.7. The van der Waals surface area contributed by atoms with Gasteiger partial charge in [0.15, 0.2) is 0 Å². The fourth-order valence-electron chi connectivity index (χ4n) is 7.90. The van der Waals surface area contributed by atoms with E-state index in [9.17, 15) is 9.59 Å². The van der Waals surface area contributed by atoms with E-state index in [-0.39, 0.29) is 11.9 Å². The first-order chi connectivity index (χ1) is 28.1. The molecule has 0 unspecified atom stereocenters. The number of hydrogen-bond acceptors (Lipinski definition) is 7. The average Bonchev–Trinajstić information content (AvgIpc) is 3.23. The third-order valence-corrected chi connectivity index (χ3v) is 11.6. The van der Waals surface area contributed by atoms with Crippen molar-refractivity contribution in [3.63, 3.8) is 0 Å². The highest BCUT2D eigenvalue weighted by atomic mass is 16.5. The first-order valence-electron chi connectivity index (χ1n) is 24.1. The molecule has 0 bridgehead atoms. The van der Waals surface area contributed by atoms with Crippen LogP contribution in [0.3, 0.4) is 0 Å². The zero-order valence-electron chi connectivity index (χ0n) is 37.1. The van der Waals surface area contributed by atoms with Gasteiger partial charge < -0.3 is 14.4 Å². The van der Waals surface area contributed by atoms with Crippen LogP contribution in [0, 0.1) is 0 Å². The van der Waals surface area contributed by atoms with Gasteiger partial charge in [-0.1, -0.05) is 141 Å². The molecule has 1 aromatic heterocycles. The Morgan fingerprint density at radius 1 is 0.579 bits per heavy atom. The van der Waals surface area contributed by atoms with Crippen molar-refractivity contribution in [3.8, 4) is 0 Å². The second kappa shape index (κ2) is 37.6. The van der Waals surface area contributed by atoms with E-state index >= 15 is 0 Å². The molecule has 1 fully saturated rings. The van der Waals surface area contributed by atoms with Crippen molar-refractivity contribution in [2.75, 3.05) is 44.3 Å². The smallest absolute Gasteiger partial charge is 0.305 e. The van der Waals surface area contributed by atoms with E-state index in [1.54, 1.807) is 0 Å². The lowest BCUT2D eigenvalue weighted by Gasteiger charge is -2.39. The van der Waals surface area contributed by atoms with Crippen LogP contribution < -0.4 is 4.90 Å². The third-order valence-electron chi connectivity index (χ3n) is 11.6. The zero-order valence-corrected chi connectivity index (χ0v) is 37.1. The van der Waals surface area contributed by atoms with Gasteiger partial charge in [-0.15, -0.1) is 0 Å². The Kier molecular flexibility index (Phi) is 33.3. The number of esters is 2. The predicted molar refractivity (Wildman–Crippen MR) is 242 cm³/mol. The molecule has 57 heavy (non-hydrogen) atoms. The summed E-state index contributed by atoms with van der Waals surface area (Å²) in [6, 6.07) is 4.52. The maximum absolute atomic E-state index is 12.6. The molecule has 2 rings (SSSR count). The van der Waals surface area contributed by atoms with Crippen LogP contribution in [0.15, 0.2) is 48.8 Å². The summed E-state index contributed by atoms with van der Waals surface area (Å²) in [5, 5.41) is 0. The van der Waals surface area contributed by atoms with Gasteiger partial charge in [-0.25, -0.2) is 0 Å². The monoisotopic (exact) mass is 794 g/mol. The molecular weight excluding hydrogens is 707 g/mol. The van der Waals surface area contributed by atoms with Gasteiger partial charge in [-0.05, 0) is 89.2 Å². The van der Waals surface area contributed by atoms with Gasteiger partial charge in [-0.3, -0.25) is 19.5 Å². The number of carbonyl (C=O) groups excluding carboxylic acids is 2. The summed E-state index contributed by atoms with van der Waals surface area (Å²) in [5.74, 6) is -0.182. The largest absolute Gasteiger partial charge is 0.464 e. The van der Waals surface area contributed by atoms with Crippen molar-refractivity contribution in [1.82, 2.24) is 9.88 Å². The van der Waals surface area contributed by atoms with Gasteiger partial charge in [-0.2, -0.15) is 0 Å². The lowest BCUT2D eigenvalue weighted by molar-refractivity contribution is -0.145. The third kappa shape index (κ3) is 29.2. The molecule has 1 aliphatic heterocycles. The average molecular weight is 794 g/mol. The number of pyridine rings is 1. The van der Waals surface area contributed by atoms with Gasteiger partial charge in [0.05, 0.1) is 0 Å². The van der Waals surface area contributed by atoms with Crippen LogP contribution in [0.5, 0.6) is 0 Å². The molecule has 0 saturated carbocycles. The second-order valence-electron chi connectivity index (χ2n) is 16.6. The molecule has 0 amide bonds. The Hall–Kier alpha value is -2.67. The molecule has 7 heteroatoms. The molecule has 0 spiro atoms. The van der Waals surface area contributed by atoms with Crippen molar-refractivity contribution in [1.29, 1.82) is 0 Å². The van der Waals surface area contributed by atoms with Gasteiger partial charge in [0, 0.05) is 63.1 Å². The number of aromatic nitrogens is 1.